The van der Waals surface area contributed by atoms with E-state index in [4.69, 9.17) is 10.6 Å². The van der Waals surface area contributed by atoms with Crippen molar-refractivity contribution in [2.75, 3.05) is 12.0 Å². The minimum atomic E-state index is 0.360. The standard InChI is InChI=1S/C9H14N4O/c1-3-4-5-14-8-6-7(2)11-9(12-8)13-10/h3,6H,1,4-5,10H2,2H3,(H,11,12,13). The van der Waals surface area contributed by atoms with Gasteiger partial charge in [-0.15, -0.1) is 6.58 Å². The fraction of sp³-hybridized carbons (Fsp3) is 0.333. The molecule has 14 heavy (non-hydrogen) atoms. The fourth-order valence-corrected chi connectivity index (χ4v) is 0.925. The number of aryl methyl sites for hydroxylation is 1. The van der Waals surface area contributed by atoms with Gasteiger partial charge in [-0.1, -0.05) is 6.08 Å². The van der Waals surface area contributed by atoms with Gasteiger partial charge in [-0.2, -0.15) is 4.98 Å². The Kier molecular flexibility index (Phi) is 3.87. The lowest BCUT2D eigenvalue weighted by Gasteiger charge is -2.06. The van der Waals surface area contributed by atoms with Gasteiger partial charge in [0, 0.05) is 11.8 Å². The van der Waals surface area contributed by atoms with E-state index < -0.39 is 0 Å². The first-order valence-corrected chi connectivity index (χ1v) is 4.32. The molecular formula is C9H14N4O. The monoisotopic (exact) mass is 194 g/mol. The summed E-state index contributed by atoms with van der Waals surface area (Å²) in [6.07, 6.45) is 2.57. The molecule has 76 valence electrons. The Morgan fingerprint density at radius 1 is 1.64 bits per heavy atom. The highest BCUT2D eigenvalue weighted by atomic mass is 16.5. The number of hydrogen-bond acceptors (Lipinski definition) is 5. The van der Waals surface area contributed by atoms with Gasteiger partial charge in [0.2, 0.25) is 11.8 Å². The third-order valence-electron chi connectivity index (χ3n) is 1.53. The van der Waals surface area contributed by atoms with Crippen LogP contribution in [0.4, 0.5) is 5.95 Å². The maximum absolute atomic E-state index is 5.35. The molecule has 0 aliphatic heterocycles. The molecule has 5 heteroatoms. The van der Waals surface area contributed by atoms with Crippen LogP contribution in [0.1, 0.15) is 12.1 Å². The number of nitrogen functional groups attached to an aromatic ring is 1. The number of hydrogen-bond donors (Lipinski definition) is 2. The molecule has 0 radical (unpaired) electrons. The van der Waals surface area contributed by atoms with E-state index in [1.165, 1.54) is 0 Å². The molecule has 5 nitrogen and oxygen atoms in total. The van der Waals surface area contributed by atoms with Crippen LogP contribution in [0.2, 0.25) is 0 Å². The summed E-state index contributed by atoms with van der Waals surface area (Å²) < 4.78 is 5.35. The number of rotatable bonds is 5. The predicted octanol–water partition coefficient (Wildman–Crippen LogP) is 1.03. The molecule has 3 N–H and O–H groups in total. The zero-order valence-corrected chi connectivity index (χ0v) is 8.16. The molecule has 0 saturated heterocycles. The third kappa shape index (κ3) is 3.02. The summed E-state index contributed by atoms with van der Waals surface area (Å²) in [7, 11) is 0. The van der Waals surface area contributed by atoms with Crippen LogP contribution in [0, 0.1) is 6.92 Å². The van der Waals surface area contributed by atoms with Gasteiger partial charge < -0.3 is 4.74 Å². The smallest absolute Gasteiger partial charge is 0.240 e. The van der Waals surface area contributed by atoms with Crippen LogP contribution in [-0.4, -0.2) is 16.6 Å². The second-order valence-corrected chi connectivity index (χ2v) is 2.74. The Balaban J connectivity index is 2.66. The van der Waals surface area contributed by atoms with Crippen LogP contribution < -0.4 is 16.0 Å². The molecular weight excluding hydrogens is 180 g/mol. The summed E-state index contributed by atoms with van der Waals surface area (Å²) in [5.41, 5.74) is 3.18. The van der Waals surface area contributed by atoms with E-state index in [2.05, 4.69) is 22.0 Å². The Morgan fingerprint density at radius 3 is 3.07 bits per heavy atom. The molecule has 0 aliphatic carbocycles. The highest BCUT2D eigenvalue weighted by molar-refractivity contribution is 5.28. The van der Waals surface area contributed by atoms with Gasteiger partial charge in [0.05, 0.1) is 6.61 Å². The zero-order chi connectivity index (χ0) is 10.4. The largest absolute Gasteiger partial charge is 0.477 e. The first kappa shape index (κ1) is 10.5. The molecule has 0 unspecified atom stereocenters. The number of nitrogens with zero attached hydrogens (tertiary/aromatic N) is 2. The number of ether oxygens (including phenoxy) is 1. The van der Waals surface area contributed by atoms with Crippen LogP contribution in [0.3, 0.4) is 0 Å². The fourth-order valence-electron chi connectivity index (χ4n) is 0.925. The van der Waals surface area contributed by atoms with Crippen molar-refractivity contribution >= 4 is 5.95 Å². The minimum absolute atomic E-state index is 0.360. The number of nitrogens with one attached hydrogen (secondary N) is 1. The lowest BCUT2D eigenvalue weighted by atomic mass is 10.4. The molecule has 0 amide bonds. The summed E-state index contributed by atoms with van der Waals surface area (Å²) in [6, 6.07) is 1.75. The van der Waals surface area contributed by atoms with E-state index in [1.807, 2.05) is 6.92 Å². The highest BCUT2D eigenvalue weighted by Crippen LogP contribution is 2.11. The van der Waals surface area contributed by atoms with Gasteiger partial charge >= 0.3 is 0 Å². The number of nitrogens with two attached hydrogens (primary N) is 1. The predicted molar refractivity (Wildman–Crippen MR) is 54.9 cm³/mol. The molecule has 0 aromatic carbocycles. The molecule has 1 rings (SSSR count). The normalized spacial score (nSPS) is 9.57. The number of hydrazine groups is 1. The van der Waals surface area contributed by atoms with Crippen molar-refractivity contribution in [3.05, 3.63) is 24.4 Å². The Labute approximate surface area is 83.0 Å². The molecule has 0 spiro atoms. The summed E-state index contributed by atoms with van der Waals surface area (Å²) in [5.74, 6) is 6.08. The van der Waals surface area contributed by atoms with E-state index in [1.54, 1.807) is 12.1 Å². The van der Waals surface area contributed by atoms with Crippen molar-refractivity contribution < 1.29 is 4.74 Å². The SMILES string of the molecule is C=CCCOc1cc(C)nc(NN)n1. The molecule has 0 fully saturated rings. The summed E-state index contributed by atoms with van der Waals surface area (Å²) >= 11 is 0. The number of anilines is 1. The minimum Gasteiger partial charge on any atom is -0.477 e. The van der Waals surface area contributed by atoms with Gasteiger partial charge in [0.1, 0.15) is 0 Å². The van der Waals surface area contributed by atoms with E-state index in [0.717, 1.165) is 12.1 Å². The average Bonchev–Trinajstić information content (AvgIpc) is 2.17. The van der Waals surface area contributed by atoms with E-state index in [0.29, 0.717) is 18.4 Å². The molecule has 0 bridgehead atoms. The van der Waals surface area contributed by atoms with Gasteiger partial charge in [-0.05, 0) is 13.3 Å². The quantitative estimate of drug-likeness (QED) is 0.317. The van der Waals surface area contributed by atoms with Gasteiger partial charge in [-0.25, -0.2) is 10.8 Å². The van der Waals surface area contributed by atoms with Crippen molar-refractivity contribution in [2.45, 2.75) is 13.3 Å². The second kappa shape index (κ2) is 5.18. The molecule has 0 saturated carbocycles. The molecule has 1 aromatic heterocycles. The highest BCUT2D eigenvalue weighted by Gasteiger charge is 2.00. The maximum Gasteiger partial charge on any atom is 0.240 e. The van der Waals surface area contributed by atoms with Crippen LogP contribution in [0.15, 0.2) is 18.7 Å². The van der Waals surface area contributed by atoms with Crippen molar-refractivity contribution in [2.24, 2.45) is 5.84 Å². The Morgan fingerprint density at radius 2 is 2.43 bits per heavy atom. The molecule has 0 atom stereocenters. The van der Waals surface area contributed by atoms with Gasteiger partial charge in [0.25, 0.3) is 0 Å². The molecule has 0 aliphatic rings. The lowest BCUT2D eigenvalue weighted by Crippen LogP contribution is -2.11. The van der Waals surface area contributed by atoms with E-state index >= 15 is 0 Å². The van der Waals surface area contributed by atoms with E-state index in [9.17, 15) is 0 Å². The molecule has 1 aromatic rings. The summed E-state index contributed by atoms with van der Waals surface area (Å²) in [6.45, 7) is 6.01. The number of aromatic nitrogens is 2. The van der Waals surface area contributed by atoms with Gasteiger partial charge in [-0.3, -0.25) is 5.43 Å². The van der Waals surface area contributed by atoms with Gasteiger partial charge in [0.15, 0.2) is 0 Å². The van der Waals surface area contributed by atoms with Crippen LogP contribution in [0.5, 0.6) is 5.88 Å². The van der Waals surface area contributed by atoms with Crippen molar-refractivity contribution in [1.29, 1.82) is 0 Å². The first-order chi connectivity index (χ1) is 6.76. The average molecular weight is 194 g/mol. The first-order valence-electron chi connectivity index (χ1n) is 4.32. The van der Waals surface area contributed by atoms with Crippen LogP contribution >= 0.6 is 0 Å². The van der Waals surface area contributed by atoms with Crippen molar-refractivity contribution in [1.82, 2.24) is 9.97 Å². The Hall–Kier alpha value is -1.62. The van der Waals surface area contributed by atoms with Crippen LogP contribution in [-0.2, 0) is 0 Å². The van der Waals surface area contributed by atoms with Crippen molar-refractivity contribution in [3.8, 4) is 5.88 Å². The topological polar surface area (TPSA) is 73.1 Å². The maximum atomic E-state index is 5.35. The van der Waals surface area contributed by atoms with E-state index in [-0.39, 0.29) is 0 Å². The molecule has 1 heterocycles. The second-order valence-electron chi connectivity index (χ2n) is 2.74. The van der Waals surface area contributed by atoms with Crippen LogP contribution in [0.25, 0.3) is 0 Å². The summed E-state index contributed by atoms with van der Waals surface area (Å²) in [5, 5.41) is 0. The summed E-state index contributed by atoms with van der Waals surface area (Å²) in [4.78, 5) is 8.05. The third-order valence-corrected chi connectivity index (χ3v) is 1.53. The Bertz CT molecular complexity index is 314. The lowest BCUT2D eigenvalue weighted by molar-refractivity contribution is 0.312. The zero-order valence-electron chi connectivity index (χ0n) is 8.16. The van der Waals surface area contributed by atoms with Crippen molar-refractivity contribution in [3.63, 3.8) is 0 Å².